The number of nitrogens with one attached hydrogen (secondary N) is 1. The summed E-state index contributed by atoms with van der Waals surface area (Å²) in [5.41, 5.74) is 0.935. The molecule has 1 fully saturated rings. The van der Waals surface area contributed by atoms with Gasteiger partial charge < -0.3 is 19.7 Å². The van der Waals surface area contributed by atoms with Crippen molar-refractivity contribution in [3.63, 3.8) is 0 Å². The molecule has 4 aromatic rings. The van der Waals surface area contributed by atoms with E-state index in [1.807, 2.05) is 6.07 Å². The summed E-state index contributed by atoms with van der Waals surface area (Å²) < 4.78 is 29.5. The Kier molecular flexibility index (Phi) is 8.88. The third kappa shape index (κ3) is 6.38. The van der Waals surface area contributed by atoms with Crippen molar-refractivity contribution in [2.24, 2.45) is 0 Å². The second-order valence-electron chi connectivity index (χ2n) is 11.1. The molecule has 0 radical (unpaired) electrons. The van der Waals surface area contributed by atoms with E-state index in [-0.39, 0.29) is 55.3 Å². The lowest BCUT2D eigenvalue weighted by molar-refractivity contribution is 0.0706. The summed E-state index contributed by atoms with van der Waals surface area (Å²) in [6.07, 6.45) is 2.18. The minimum atomic E-state index is -0.808. The first-order chi connectivity index (χ1) is 22.1. The van der Waals surface area contributed by atoms with Crippen molar-refractivity contribution in [3.8, 4) is 23.3 Å². The van der Waals surface area contributed by atoms with Gasteiger partial charge in [-0.25, -0.2) is 9.18 Å². The number of carbonyl (C=O) groups is 2. The first-order valence-corrected chi connectivity index (χ1v) is 15.8. The summed E-state index contributed by atoms with van der Waals surface area (Å²) in [6, 6.07) is 17.0. The summed E-state index contributed by atoms with van der Waals surface area (Å²) in [7, 11) is 0. The van der Waals surface area contributed by atoms with Crippen LogP contribution in [0.2, 0.25) is 5.02 Å². The molecule has 1 saturated carbocycles. The van der Waals surface area contributed by atoms with Crippen molar-refractivity contribution in [2.45, 2.75) is 45.0 Å². The number of ether oxygens (including phenoxy) is 2. The standard InChI is InChI=1S/C33H28BrClFN5O5/c1-19(25-10-9-24(17-28(25)36)45-15-12-37)38-31(42)30-29-18-39(32(43)20-2-11-26(34)27(35)16-20)13-14-40(29)33(44)41(30)21-3-5-22(6-4-21)46-23-7-8-23/h2-6,9-11,16-17,19,23H,7-8,13-15,18H2,1H3,(H,38,42)/t19-/m1/s1. The highest BCUT2D eigenvalue weighted by Gasteiger charge is 2.33. The van der Waals surface area contributed by atoms with Crippen LogP contribution >= 0.6 is 27.5 Å². The molecule has 0 unspecified atom stereocenters. The number of benzene rings is 3. The summed E-state index contributed by atoms with van der Waals surface area (Å²) in [5, 5.41) is 11.9. The number of amides is 2. The summed E-state index contributed by atoms with van der Waals surface area (Å²) in [6.45, 7) is 1.77. The van der Waals surface area contributed by atoms with Gasteiger partial charge in [-0.3, -0.25) is 18.7 Å². The van der Waals surface area contributed by atoms with E-state index in [1.54, 1.807) is 54.3 Å². The van der Waals surface area contributed by atoms with Crippen molar-refractivity contribution < 1.29 is 23.5 Å². The highest BCUT2D eigenvalue weighted by molar-refractivity contribution is 9.10. The molecule has 1 aliphatic heterocycles. The molecule has 1 aliphatic carbocycles. The Bertz CT molecular complexity index is 1930. The largest absolute Gasteiger partial charge is 0.490 e. The van der Waals surface area contributed by atoms with Gasteiger partial charge in [-0.1, -0.05) is 17.7 Å². The molecular weight excluding hydrogens is 681 g/mol. The predicted molar refractivity (Wildman–Crippen MR) is 171 cm³/mol. The average Bonchev–Trinajstić information content (AvgIpc) is 3.82. The lowest BCUT2D eigenvalue weighted by Gasteiger charge is -2.28. The van der Waals surface area contributed by atoms with Crippen molar-refractivity contribution in [1.82, 2.24) is 19.4 Å². The lowest BCUT2D eigenvalue weighted by atomic mass is 10.1. The van der Waals surface area contributed by atoms with Crippen LogP contribution in [0.25, 0.3) is 5.69 Å². The van der Waals surface area contributed by atoms with Crippen molar-refractivity contribution in [2.75, 3.05) is 13.2 Å². The quantitative estimate of drug-likeness (QED) is 0.236. The third-order valence-electron chi connectivity index (χ3n) is 7.86. The Morgan fingerprint density at radius 1 is 1.11 bits per heavy atom. The molecule has 1 aromatic heterocycles. The van der Waals surface area contributed by atoms with E-state index in [2.05, 4.69) is 21.2 Å². The zero-order valence-corrected chi connectivity index (χ0v) is 27.0. The van der Waals surface area contributed by atoms with Gasteiger partial charge in [0.05, 0.1) is 35.1 Å². The second kappa shape index (κ2) is 13.0. The molecule has 1 atom stereocenters. The maximum atomic E-state index is 15.0. The van der Waals surface area contributed by atoms with Crippen molar-refractivity contribution in [1.29, 1.82) is 5.26 Å². The van der Waals surface area contributed by atoms with Gasteiger partial charge in [0.2, 0.25) is 0 Å². The second-order valence-corrected chi connectivity index (χ2v) is 12.3. The van der Waals surface area contributed by atoms with E-state index in [1.165, 1.54) is 21.3 Å². The highest BCUT2D eigenvalue weighted by atomic mass is 79.9. The first kappa shape index (κ1) is 31.4. The summed E-state index contributed by atoms with van der Waals surface area (Å²) in [5.74, 6) is -0.714. The van der Waals surface area contributed by atoms with Gasteiger partial charge in [-0.2, -0.15) is 5.26 Å². The number of carbonyl (C=O) groups excluding carboxylic acids is 2. The van der Waals surface area contributed by atoms with Crippen LogP contribution in [0.15, 0.2) is 69.9 Å². The molecule has 0 spiro atoms. The van der Waals surface area contributed by atoms with Gasteiger partial charge in [0.1, 0.15) is 29.1 Å². The van der Waals surface area contributed by atoms with Crippen molar-refractivity contribution >= 4 is 39.3 Å². The highest BCUT2D eigenvalue weighted by Crippen LogP contribution is 2.29. The number of rotatable bonds is 9. The van der Waals surface area contributed by atoms with E-state index in [0.29, 0.717) is 32.2 Å². The molecule has 6 rings (SSSR count). The number of hydrogen-bond donors (Lipinski definition) is 1. The SMILES string of the molecule is C[C@@H](NC(=O)c1c2n(c(=O)n1-c1ccc(OC3CC3)cc1)CCN(C(=O)c1ccc(Br)c(Cl)c1)C2)c1ccc(OCC#N)cc1F. The lowest BCUT2D eigenvalue weighted by Crippen LogP contribution is -2.41. The van der Waals surface area contributed by atoms with Gasteiger partial charge in [0.15, 0.2) is 6.61 Å². The fourth-order valence-corrected chi connectivity index (χ4v) is 5.80. The topological polar surface area (TPSA) is 119 Å². The van der Waals surface area contributed by atoms with Crippen LogP contribution in [0.4, 0.5) is 4.39 Å². The Morgan fingerprint density at radius 2 is 1.85 bits per heavy atom. The van der Waals surface area contributed by atoms with E-state index in [9.17, 15) is 14.4 Å². The Morgan fingerprint density at radius 3 is 2.52 bits per heavy atom. The van der Waals surface area contributed by atoms with Crippen molar-refractivity contribution in [3.05, 3.63) is 109 Å². The molecule has 10 nitrogen and oxygen atoms in total. The first-order valence-electron chi connectivity index (χ1n) is 14.6. The Labute approximate surface area is 277 Å². The normalized spacial score (nSPS) is 14.6. The molecule has 2 heterocycles. The van der Waals surface area contributed by atoms with Crippen LogP contribution in [0, 0.1) is 17.1 Å². The molecule has 0 bridgehead atoms. The number of nitriles is 1. The Hall–Kier alpha value is -4.60. The third-order valence-corrected chi connectivity index (χ3v) is 9.09. The molecule has 1 N–H and O–H groups in total. The van der Waals surface area contributed by atoms with Crippen LogP contribution in [0.5, 0.6) is 11.5 Å². The summed E-state index contributed by atoms with van der Waals surface area (Å²) >= 11 is 9.58. The van der Waals surface area contributed by atoms with E-state index < -0.39 is 23.5 Å². The minimum Gasteiger partial charge on any atom is -0.490 e. The van der Waals surface area contributed by atoms with Gasteiger partial charge >= 0.3 is 5.69 Å². The zero-order valence-electron chi connectivity index (χ0n) is 24.6. The van der Waals surface area contributed by atoms with Crippen LogP contribution in [-0.2, 0) is 13.1 Å². The minimum absolute atomic E-state index is 0.0198. The van der Waals surface area contributed by atoms with Crippen LogP contribution in [0.3, 0.4) is 0 Å². The number of aromatic nitrogens is 2. The van der Waals surface area contributed by atoms with Crippen LogP contribution in [0.1, 0.15) is 57.9 Å². The molecule has 3 aromatic carbocycles. The molecular formula is C33H28BrClFN5O5. The zero-order chi connectivity index (χ0) is 32.5. The molecule has 13 heteroatoms. The average molecular weight is 709 g/mol. The van der Waals surface area contributed by atoms with Crippen LogP contribution in [-0.4, -0.2) is 45.1 Å². The monoisotopic (exact) mass is 707 g/mol. The van der Waals surface area contributed by atoms with Gasteiger partial charge in [0.25, 0.3) is 11.8 Å². The van der Waals surface area contributed by atoms with Gasteiger partial charge in [-0.05, 0) is 84.2 Å². The fourth-order valence-electron chi connectivity index (χ4n) is 5.38. The number of imidazole rings is 1. The van der Waals surface area contributed by atoms with Crippen LogP contribution < -0.4 is 20.5 Å². The molecule has 46 heavy (non-hydrogen) atoms. The maximum absolute atomic E-state index is 15.0. The molecule has 2 amide bonds. The molecule has 236 valence electrons. The van der Waals surface area contributed by atoms with Gasteiger partial charge in [0, 0.05) is 34.8 Å². The number of hydrogen-bond acceptors (Lipinski definition) is 6. The smallest absolute Gasteiger partial charge is 0.333 e. The van der Waals surface area contributed by atoms with E-state index in [0.717, 1.165) is 18.9 Å². The number of nitrogens with zero attached hydrogens (tertiary/aromatic N) is 4. The Balaban J connectivity index is 1.35. The summed E-state index contributed by atoms with van der Waals surface area (Å²) in [4.78, 5) is 43.0. The van der Waals surface area contributed by atoms with Gasteiger partial charge in [-0.15, -0.1) is 0 Å². The molecule has 2 aliphatic rings. The number of fused-ring (bicyclic) bond motifs is 1. The predicted octanol–water partition coefficient (Wildman–Crippen LogP) is 5.78. The maximum Gasteiger partial charge on any atom is 0.333 e. The fraction of sp³-hybridized carbons (Fsp3) is 0.273. The van der Waals surface area contributed by atoms with E-state index in [4.69, 9.17) is 26.3 Å². The molecule has 0 saturated heterocycles. The van der Waals surface area contributed by atoms with E-state index >= 15 is 4.39 Å². The number of halogens is 3.